The van der Waals surface area contributed by atoms with E-state index in [1.54, 1.807) is 0 Å². The molecule has 6 nitrogen and oxygen atoms in total. The van der Waals surface area contributed by atoms with E-state index in [4.69, 9.17) is 4.74 Å². The minimum absolute atomic E-state index is 0.0481. The van der Waals surface area contributed by atoms with Crippen LogP contribution in [0.25, 0.3) is 0 Å². The van der Waals surface area contributed by atoms with Gasteiger partial charge in [-0.25, -0.2) is 0 Å². The summed E-state index contributed by atoms with van der Waals surface area (Å²) in [5.41, 5.74) is -1.28. The Balaban J connectivity index is 1.17. The van der Waals surface area contributed by atoms with Gasteiger partial charge in [0.1, 0.15) is 5.60 Å². The maximum absolute atomic E-state index is 13.0. The lowest BCUT2D eigenvalue weighted by Crippen LogP contribution is -2.51. The third-order valence-corrected chi connectivity index (χ3v) is 8.69. The molecule has 1 spiro atoms. The van der Waals surface area contributed by atoms with E-state index >= 15 is 0 Å². The van der Waals surface area contributed by atoms with Crippen molar-refractivity contribution in [1.29, 1.82) is 0 Å². The number of Topliss-reactive ketones (excluding diaryl/α,β-unsaturated/α-hetero) is 1. The van der Waals surface area contributed by atoms with Gasteiger partial charge in [-0.3, -0.25) is 14.5 Å². The zero-order chi connectivity index (χ0) is 27.7. The van der Waals surface area contributed by atoms with Crippen LogP contribution in [0.5, 0.6) is 0 Å². The molecular formula is C30H35F3N2O4. The summed E-state index contributed by atoms with van der Waals surface area (Å²) in [6, 6.07) is 14.1. The topological polar surface area (TPSA) is 78.9 Å². The molecule has 2 aromatic carbocycles. The fraction of sp³-hybridized carbons (Fsp3) is 0.533. The first-order chi connectivity index (χ1) is 18.6. The molecule has 2 aromatic rings. The fourth-order valence-corrected chi connectivity index (χ4v) is 6.48. The first-order valence-corrected chi connectivity index (χ1v) is 13.7. The van der Waals surface area contributed by atoms with Crippen molar-refractivity contribution in [2.24, 2.45) is 0 Å². The van der Waals surface area contributed by atoms with Crippen molar-refractivity contribution in [3.05, 3.63) is 71.3 Å². The van der Waals surface area contributed by atoms with Gasteiger partial charge >= 0.3 is 6.18 Å². The van der Waals surface area contributed by atoms with Crippen LogP contribution in [0.4, 0.5) is 13.2 Å². The summed E-state index contributed by atoms with van der Waals surface area (Å²) in [4.78, 5) is 27.8. The highest BCUT2D eigenvalue weighted by molar-refractivity contribution is 5.98. The van der Waals surface area contributed by atoms with E-state index in [0.717, 1.165) is 43.4 Å². The molecule has 9 heteroatoms. The monoisotopic (exact) mass is 544 g/mol. The summed E-state index contributed by atoms with van der Waals surface area (Å²) in [6.45, 7) is 1.96. The maximum atomic E-state index is 13.0. The molecule has 2 heterocycles. The summed E-state index contributed by atoms with van der Waals surface area (Å²) in [6.07, 6.45) is -0.0445. The molecule has 2 atom stereocenters. The molecule has 2 saturated heterocycles. The Morgan fingerprint density at radius 3 is 2.44 bits per heavy atom. The minimum atomic E-state index is -4.53. The largest absolute Gasteiger partial charge is 0.416 e. The third kappa shape index (κ3) is 6.05. The molecule has 1 saturated carbocycles. The Morgan fingerprint density at radius 2 is 1.77 bits per heavy atom. The Labute approximate surface area is 226 Å². The smallest absolute Gasteiger partial charge is 0.385 e. The predicted octanol–water partition coefficient (Wildman–Crippen LogP) is 4.85. The van der Waals surface area contributed by atoms with Crippen LogP contribution < -0.4 is 5.32 Å². The van der Waals surface area contributed by atoms with Crippen molar-refractivity contribution in [2.75, 3.05) is 19.7 Å². The van der Waals surface area contributed by atoms with Gasteiger partial charge in [-0.1, -0.05) is 42.5 Å². The Hall–Kier alpha value is -2.75. The van der Waals surface area contributed by atoms with E-state index in [1.807, 2.05) is 30.3 Å². The van der Waals surface area contributed by atoms with Gasteiger partial charge < -0.3 is 15.2 Å². The molecule has 1 aliphatic carbocycles. The van der Waals surface area contributed by atoms with Crippen LogP contribution in [0.3, 0.4) is 0 Å². The Morgan fingerprint density at radius 1 is 1.03 bits per heavy atom. The lowest BCUT2D eigenvalue weighted by molar-refractivity contribution is -0.137. The number of alkyl halides is 3. The zero-order valence-electron chi connectivity index (χ0n) is 21.9. The quantitative estimate of drug-likeness (QED) is 0.488. The lowest BCUT2D eigenvalue weighted by atomic mass is 9.77. The molecule has 210 valence electrons. The predicted molar refractivity (Wildman–Crippen MR) is 139 cm³/mol. The maximum Gasteiger partial charge on any atom is 0.416 e. The number of ether oxygens (including phenoxy) is 1. The number of nitrogens with one attached hydrogen (secondary N) is 1. The van der Waals surface area contributed by atoms with Crippen LogP contribution in [-0.4, -0.2) is 59.1 Å². The van der Waals surface area contributed by atoms with Gasteiger partial charge in [0.15, 0.2) is 5.78 Å². The van der Waals surface area contributed by atoms with E-state index in [1.165, 1.54) is 12.1 Å². The second-order valence-corrected chi connectivity index (χ2v) is 11.2. The van der Waals surface area contributed by atoms with Gasteiger partial charge in [0.25, 0.3) is 0 Å². The number of aliphatic hydroxyl groups is 1. The van der Waals surface area contributed by atoms with Crippen molar-refractivity contribution < 1.29 is 32.6 Å². The van der Waals surface area contributed by atoms with Gasteiger partial charge in [-0.2, -0.15) is 13.2 Å². The first kappa shape index (κ1) is 27.8. The van der Waals surface area contributed by atoms with Crippen molar-refractivity contribution in [2.45, 2.75) is 80.8 Å². The van der Waals surface area contributed by atoms with Gasteiger partial charge in [0, 0.05) is 44.1 Å². The average Bonchev–Trinajstić information content (AvgIpc) is 3.55. The molecule has 1 amide bonds. The van der Waals surface area contributed by atoms with Crippen LogP contribution >= 0.6 is 0 Å². The number of carbonyl (C=O) groups excluding carboxylic acids is 2. The van der Waals surface area contributed by atoms with Gasteiger partial charge in [-0.15, -0.1) is 0 Å². The third-order valence-electron chi connectivity index (χ3n) is 8.69. The number of carbonyl (C=O) groups is 2. The second-order valence-electron chi connectivity index (χ2n) is 11.2. The molecule has 2 aliphatic heterocycles. The molecule has 39 heavy (non-hydrogen) atoms. The molecular weight excluding hydrogens is 509 g/mol. The summed E-state index contributed by atoms with van der Waals surface area (Å²) >= 11 is 0. The highest BCUT2D eigenvalue weighted by atomic mass is 19.4. The van der Waals surface area contributed by atoms with E-state index in [0.29, 0.717) is 32.5 Å². The summed E-state index contributed by atoms with van der Waals surface area (Å²) in [7, 11) is 0. The van der Waals surface area contributed by atoms with Gasteiger partial charge in [0.2, 0.25) is 5.91 Å². The van der Waals surface area contributed by atoms with Gasteiger partial charge in [0.05, 0.1) is 17.2 Å². The number of likely N-dealkylation sites (tertiary alicyclic amines) is 1. The summed E-state index contributed by atoms with van der Waals surface area (Å²) in [5, 5.41) is 14.3. The van der Waals surface area contributed by atoms with E-state index in [-0.39, 0.29) is 36.4 Å². The van der Waals surface area contributed by atoms with Crippen LogP contribution in [0.2, 0.25) is 0 Å². The average molecular weight is 545 g/mol. The van der Waals surface area contributed by atoms with Crippen LogP contribution in [0.1, 0.15) is 72.9 Å². The van der Waals surface area contributed by atoms with Crippen LogP contribution in [-0.2, 0) is 21.3 Å². The van der Waals surface area contributed by atoms with Crippen molar-refractivity contribution in [1.82, 2.24) is 10.2 Å². The van der Waals surface area contributed by atoms with E-state index in [2.05, 4.69) is 10.2 Å². The molecule has 1 unspecified atom stereocenters. The summed E-state index contributed by atoms with van der Waals surface area (Å²) in [5.74, 6) is -0.802. The number of halogens is 3. The van der Waals surface area contributed by atoms with E-state index in [9.17, 15) is 27.9 Å². The first-order valence-electron chi connectivity index (χ1n) is 13.7. The highest BCUT2D eigenvalue weighted by Gasteiger charge is 2.52. The second kappa shape index (κ2) is 11.0. The lowest BCUT2D eigenvalue weighted by Gasteiger charge is -2.40. The zero-order valence-corrected chi connectivity index (χ0v) is 21.9. The molecule has 0 aromatic heterocycles. The van der Waals surface area contributed by atoms with Crippen LogP contribution in [0.15, 0.2) is 54.6 Å². The van der Waals surface area contributed by atoms with Crippen molar-refractivity contribution >= 4 is 11.7 Å². The van der Waals surface area contributed by atoms with Crippen molar-refractivity contribution in [3.63, 3.8) is 0 Å². The SMILES string of the molecule is O=C(CCC(=O)c1cccc(C(F)(F)F)c1)N[C@H]1CN(C2CCC(O)(c3ccccc3)CC2)CC12CCCO2. The number of benzene rings is 2. The Bertz CT molecular complexity index is 1170. The fourth-order valence-electron chi connectivity index (χ4n) is 6.48. The molecule has 0 radical (unpaired) electrons. The number of hydrogen-bond donors (Lipinski definition) is 2. The number of ketones is 1. The van der Waals surface area contributed by atoms with Crippen LogP contribution in [0, 0.1) is 0 Å². The van der Waals surface area contributed by atoms with E-state index < -0.39 is 28.7 Å². The highest BCUT2D eigenvalue weighted by Crippen LogP contribution is 2.42. The molecule has 3 aliphatic rings. The summed E-state index contributed by atoms with van der Waals surface area (Å²) < 4.78 is 45.2. The molecule has 0 bridgehead atoms. The molecule has 3 fully saturated rings. The molecule has 5 rings (SSSR count). The number of amides is 1. The standard InChI is InChI=1S/C30H35F3N2O4/c31-30(32,33)23-9-4-6-21(18-23)25(36)10-11-27(37)34-26-19-35(20-29(26)14-5-17-39-29)24-12-15-28(38,16-13-24)22-7-2-1-3-8-22/h1-4,6-9,18,24,26,38H,5,10-17,19-20H2,(H,34,37)/t24?,26-,28?,29?/m0/s1. The van der Waals surface area contributed by atoms with Crippen molar-refractivity contribution in [3.8, 4) is 0 Å². The molecule has 2 N–H and O–H groups in total. The number of nitrogens with zero attached hydrogens (tertiary/aromatic N) is 1. The van der Waals surface area contributed by atoms with Gasteiger partial charge in [-0.05, 0) is 56.2 Å². The number of rotatable bonds is 7. The Kier molecular flexibility index (Phi) is 7.86. The normalized spacial score (nSPS) is 29.5. The minimum Gasteiger partial charge on any atom is -0.385 e. The number of hydrogen-bond acceptors (Lipinski definition) is 5.